The number of rotatable bonds is 36. The zero-order valence-corrected chi connectivity index (χ0v) is 42.7. The van der Waals surface area contributed by atoms with Gasteiger partial charge in [-0.15, -0.1) is 5.54 Å². The van der Waals surface area contributed by atoms with Crippen LogP contribution < -0.4 is 14.2 Å². The largest absolute Gasteiger partial charge is 0.490 e. The standard InChI is InChI=1S/C59H92O3Si/c1-7-10-13-16-19-22-25-28-31-36-46-60-57-50-52(41-42-53-43-44-54(45-49-63(4,5)6)56-40-35-34-39-55(53)56)51-58(61-47-37-32-29-26-23-20-17-14-11-8-2)59(57)62-48-38-33-30-27-24-21-18-15-12-9-3/h34-35,39-40,43-44,50-51H,7-33,36-38,46-48H2,1-6H3. The highest BCUT2D eigenvalue weighted by molar-refractivity contribution is 6.83. The molecule has 0 fully saturated rings. The van der Waals surface area contributed by atoms with Gasteiger partial charge in [0.2, 0.25) is 5.75 Å². The summed E-state index contributed by atoms with van der Waals surface area (Å²) >= 11 is 0. The Morgan fingerprint density at radius 1 is 0.381 bits per heavy atom. The third kappa shape index (κ3) is 25.1. The van der Waals surface area contributed by atoms with Crippen LogP contribution in [0.3, 0.4) is 0 Å². The Kier molecular flexibility index (Phi) is 30.0. The summed E-state index contributed by atoms with van der Waals surface area (Å²) in [6, 6.07) is 17.0. The van der Waals surface area contributed by atoms with E-state index in [1.165, 1.54) is 173 Å². The SMILES string of the molecule is CCCCCCCCCCCCOc1cc(C#Cc2ccc(C#C[Si](C)(C)C)c3ccccc23)cc(OCCCCCCCCCCCC)c1OCCCCCCCCCCCC. The molecule has 0 radical (unpaired) electrons. The van der Waals surface area contributed by atoms with E-state index in [4.69, 9.17) is 14.2 Å². The molecule has 0 bridgehead atoms. The van der Waals surface area contributed by atoms with Gasteiger partial charge in [0.15, 0.2) is 11.5 Å². The van der Waals surface area contributed by atoms with Gasteiger partial charge in [-0.2, -0.15) is 0 Å². The van der Waals surface area contributed by atoms with Crippen LogP contribution in [-0.2, 0) is 0 Å². The first-order valence-electron chi connectivity index (χ1n) is 26.5. The first-order chi connectivity index (χ1) is 30.9. The zero-order chi connectivity index (χ0) is 45.1. The Hall–Kier alpha value is -3.34. The second kappa shape index (κ2) is 35.0. The van der Waals surface area contributed by atoms with Gasteiger partial charge in [0.25, 0.3) is 0 Å². The summed E-state index contributed by atoms with van der Waals surface area (Å²) in [4.78, 5) is 0. The fraction of sp³-hybridized carbons (Fsp3) is 0.661. The third-order valence-corrected chi connectivity index (χ3v) is 13.0. The molecule has 0 spiro atoms. The van der Waals surface area contributed by atoms with E-state index in [2.05, 4.69) is 112 Å². The highest BCUT2D eigenvalue weighted by atomic mass is 28.3. The molecule has 0 saturated carbocycles. The molecule has 4 heteroatoms. The second-order valence-electron chi connectivity index (χ2n) is 19.3. The van der Waals surface area contributed by atoms with Crippen molar-refractivity contribution in [2.75, 3.05) is 19.8 Å². The van der Waals surface area contributed by atoms with Crippen LogP contribution in [0, 0.1) is 23.3 Å². The Bertz CT molecular complexity index is 1700. The van der Waals surface area contributed by atoms with Gasteiger partial charge in [0.1, 0.15) is 8.07 Å². The lowest BCUT2D eigenvalue weighted by molar-refractivity contribution is 0.234. The van der Waals surface area contributed by atoms with E-state index in [0.717, 1.165) is 64.0 Å². The smallest absolute Gasteiger partial charge is 0.203 e. The zero-order valence-electron chi connectivity index (χ0n) is 41.7. The normalized spacial score (nSPS) is 11.3. The Morgan fingerprint density at radius 2 is 0.714 bits per heavy atom. The van der Waals surface area contributed by atoms with Crippen molar-refractivity contribution >= 4 is 18.8 Å². The minimum Gasteiger partial charge on any atom is -0.490 e. The number of hydrogen-bond acceptors (Lipinski definition) is 3. The van der Waals surface area contributed by atoms with Crippen LogP contribution in [-0.4, -0.2) is 27.9 Å². The molecule has 0 atom stereocenters. The molecule has 63 heavy (non-hydrogen) atoms. The highest BCUT2D eigenvalue weighted by Gasteiger charge is 2.16. The van der Waals surface area contributed by atoms with Gasteiger partial charge < -0.3 is 14.2 Å². The van der Waals surface area contributed by atoms with E-state index in [1.54, 1.807) is 0 Å². The number of fused-ring (bicyclic) bond motifs is 1. The maximum absolute atomic E-state index is 6.67. The summed E-state index contributed by atoms with van der Waals surface area (Å²) in [6.07, 6.45) is 39.1. The fourth-order valence-corrected chi connectivity index (χ4v) is 8.73. The molecule has 0 aliphatic carbocycles. The molecule has 0 aliphatic rings. The van der Waals surface area contributed by atoms with Gasteiger partial charge >= 0.3 is 0 Å². The minimum atomic E-state index is -1.51. The van der Waals surface area contributed by atoms with E-state index in [9.17, 15) is 0 Å². The Morgan fingerprint density at radius 3 is 1.08 bits per heavy atom. The van der Waals surface area contributed by atoms with Crippen molar-refractivity contribution in [3.63, 3.8) is 0 Å². The van der Waals surface area contributed by atoms with Crippen LogP contribution in [0.1, 0.15) is 230 Å². The molecule has 0 aromatic heterocycles. The summed E-state index contributed by atoms with van der Waals surface area (Å²) < 4.78 is 20.0. The van der Waals surface area contributed by atoms with Crippen LogP contribution in [0.4, 0.5) is 0 Å². The first-order valence-corrected chi connectivity index (χ1v) is 30.0. The summed E-state index contributed by atoms with van der Waals surface area (Å²) in [5, 5.41) is 2.30. The number of benzene rings is 3. The lowest BCUT2D eigenvalue weighted by Crippen LogP contribution is -2.16. The molecule has 0 unspecified atom stereocenters. The van der Waals surface area contributed by atoms with E-state index in [1.807, 2.05) is 0 Å². The van der Waals surface area contributed by atoms with E-state index >= 15 is 0 Å². The minimum absolute atomic E-state index is 0.670. The van der Waals surface area contributed by atoms with Crippen molar-refractivity contribution in [1.82, 2.24) is 0 Å². The fourth-order valence-electron chi connectivity index (χ4n) is 8.22. The van der Waals surface area contributed by atoms with Crippen LogP contribution in [0.15, 0.2) is 48.5 Å². The van der Waals surface area contributed by atoms with Gasteiger partial charge in [-0.05, 0) is 54.3 Å². The Labute approximate surface area is 390 Å². The molecule has 0 saturated heterocycles. The summed E-state index contributed by atoms with van der Waals surface area (Å²) in [5.41, 5.74) is 6.53. The maximum Gasteiger partial charge on any atom is 0.203 e. The van der Waals surface area contributed by atoms with Gasteiger partial charge in [-0.3, -0.25) is 0 Å². The van der Waals surface area contributed by atoms with Gasteiger partial charge in [-0.1, -0.05) is 256 Å². The van der Waals surface area contributed by atoms with Crippen LogP contribution in [0.2, 0.25) is 19.6 Å². The number of hydrogen-bond donors (Lipinski definition) is 0. The molecule has 0 N–H and O–H groups in total. The molecule has 3 rings (SSSR count). The molecular weight excluding hydrogens is 785 g/mol. The van der Waals surface area contributed by atoms with Crippen molar-refractivity contribution in [3.8, 4) is 40.6 Å². The lowest BCUT2D eigenvalue weighted by Gasteiger charge is -2.18. The molecule has 3 aromatic rings. The first kappa shape index (κ1) is 54.0. The quantitative estimate of drug-likeness (QED) is 0.0331. The third-order valence-electron chi connectivity index (χ3n) is 12.1. The van der Waals surface area contributed by atoms with Crippen LogP contribution >= 0.6 is 0 Å². The maximum atomic E-state index is 6.67. The van der Waals surface area contributed by atoms with Crippen molar-refractivity contribution in [2.45, 2.75) is 233 Å². The highest BCUT2D eigenvalue weighted by Crippen LogP contribution is 2.40. The average Bonchev–Trinajstić information content (AvgIpc) is 3.28. The second-order valence-corrected chi connectivity index (χ2v) is 24.1. The monoisotopic (exact) mass is 877 g/mol. The van der Waals surface area contributed by atoms with Crippen molar-refractivity contribution in [3.05, 3.63) is 65.2 Å². The topological polar surface area (TPSA) is 27.7 Å². The molecule has 0 amide bonds. The van der Waals surface area contributed by atoms with Crippen molar-refractivity contribution in [1.29, 1.82) is 0 Å². The van der Waals surface area contributed by atoms with Crippen LogP contribution in [0.25, 0.3) is 10.8 Å². The molecule has 0 heterocycles. The van der Waals surface area contributed by atoms with Crippen molar-refractivity contribution < 1.29 is 14.2 Å². The van der Waals surface area contributed by atoms with E-state index in [-0.39, 0.29) is 0 Å². The molecule has 3 aromatic carbocycles. The average molecular weight is 877 g/mol. The van der Waals surface area contributed by atoms with Crippen molar-refractivity contribution in [2.24, 2.45) is 0 Å². The molecular formula is C59H92O3Si. The number of unbranched alkanes of at least 4 members (excludes halogenated alkanes) is 27. The Balaban J connectivity index is 1.79. The van der Waals surface area contributed by atoms with E-state index in [0.29, 0.717) is 19.8 Å². The predicted octanol–water partition coefficient (Wildman–Crippen LogP) is 18.4. The number of ether oxygens (including phenoxy) is 3. The summed E-state index contributed by atoms with van der Waals surface area (Å²) in [7, 11) is -1.51. The predicted molar refractivity (Wildman–Crippen MR) is 279 cm³/mol. The van der Waals surface area contributed by atoms with Gasteiger partial charge in [0.05, 0.1) is 19.8 Å². The van der Waals surface area contributed by atoms with Crippen LogP contribution in [0.5, 0.6) is 17.2 Å². The molecule has 350 valence electrons. The lowest BCUT2D eigenvalue weighted by atomic mass is 10.00. The summed E-state index contributed by atoms with van der Waals surface area (Å²) in [5.74, 6) is 12.9. The van der Waals surface area contributed by atoms with E-state index < -0.39 is 8.07 Å². The van der Waals surface area contributed by atoms with Gasteiger partial charge in [-0.25, -0.2) is 0 Å². The molecule has 3 nitrogen and oxygen atoms in total. The van der Waals surface area contributed by atoms with Gasteiger partial charge in [0, 0.05) is 16.7 Å². The summed E-state index contributed by atoms with van der Waals surface area (Å²) in [6.45, 7) is 15.8. The molecule has 0 aliphatic heterocycles.